The van der Waals surface area contributed by atoms with E-state index in [1.54, 1.807) is 19.2 Å². The van der Waals surface area contributed by atoms with Crippen molar-refractivity contribution in [1.29, 1.82) is 0 Å². The average molecular weight is 252 g/mol. The number of unbranched alkanes of at least 4 members (excludes halogenated alkanes) is 2. The molecule has 0 atom stereocenters. The van der Waals surface area contributed by atoms with Gasteiger partial charge in [-0.25, -0.2) is 0 Å². The molecule has 1 aromatic rings. The van der Waals surface area contributed by atoms with Gasteiger partial charge in [0.2, 0.25) is 0 Å². The Hall–Kier alpha value is -1.62. The van der Waals surface area contributed by atoms with Gasteiger partial charge in [0, 0.05) is 24.2 Å². The third-order valence-corrected chi connectivity index (χ3v) is 2.63. The molecule has 0 aliphatic carbocycles. The van der Waals surface area contributed by atoms with Crippen LogP contribution in [0.15, 0.2) is 18.2 Å². The van der Waals surface area contributed by atoms with E-state index >= 15 is 0 Å². The Labute approximate surface area is 107 Å². The van der Waals surface area contributed by atoms with E-state index in [4.69, 9.17) is 4.74 Å². The van der Waals surface area contributed by atoms with Crippen molar-refractivity contribution in [3.8, 4) is 5.75 Å². The molecule has 0 aliphatic heterocycles. The van der Waals surface area contributed by atoms with Crippen molar-refractivity contribution in [2.75, 3.05) is 13.7 Å². The van der Waals surface area contributed by atoms with Crippen molar-refractivity contribution in [3.63, 3.8) is 0 Å². The maximum Gasteiger partial charge on any atom is 0.270 e. The summed E-state index contributed by atoms with van der Waals surface area (Å²) in [5.74, 6) is 0.728. The third-order valence-electron chi connectivity index (χ3n) is 2.63. The van der Waals surface area contributed by atoms with Gasteiger partial charge in [0.15, 0.2) is 0 Å². The summed E-state index contributed by atoms with van der Waals surface area (Å²) in [6.45, 7) is 3.35. The Bertz CT molecular complexity index is 394. The van der Waals surface area contributed by atoms with Crippen LogP contribution in [0.25, 0.3) is 0 Å². The van der Waals surface area contributed by atoms with Crippen LogP contribution in [0.3, 0.4) is 0 Å². The quantitative estimate of drug-likeness (QED) is 0.439. The van der Waals surface area contributed by atoms with Gasteiger partial charge in [-0.3, -0.25) is 10.1 Å². The number of hydrogen-bond acceptors (Lipinski definition) is 4. The van der Waals surface area contributed by atoms with E-state index in [1.807, 2.05) is 0 Å². The molecule has 0 radical (unpaired) electrons. The van der Waals surface area contributed by atoms with Crippen LogP contribution in [-0.4, -0.2) is 18.6 Å². The Balaban J connectivity index is 2.73. The van der Waals surface area contributed by atoms with E-state index in [2.05, 4.69) is 12.2 Å². The Kier molecular flexibility index (Phi) is 6.14. The van der Waals surface area contributed by atoms with Crippen LogP contribution in [0.2, 0.25) is 0 Å². The molecule has 0 bridgehead atoms. The van der Waals surface area contributed by atoms with E-state index in [0.29, 0.717) is 13.2 Å². The molecule has 0 unspecified atom stereocenters. The minimum atomic E-state index is -0.389. The predicted octanol–water partition coefficient (Wildman–Crippen LogP) is 2.88. The van der Waals surface area contributed by atoms with E-state index in [1.165, 1.54) is 6.07 Å². The Morgan fingerprint density at radius 2 is 2.17 bits per heavy atom. The Morgan fingerprint density at radius 1 is 1.39 bits per heavy atom. The first-order valence-electron chi connectivity index (χ1n) is 6.23. The summed E-state index contributed by atoms with van der Waals surface area (Å²) in [6.07, 6.45) is 3.29. The number of non-ortho nitro benzene ring substituents is 1. The first-order valence-corrected chi connectivity index (χ1v) is 6.23. The number of ether oxygens (including phenoxy) is 1. The van der Waals surface area contributed by atoms with Gasteiger partial charge in [-0.2, -0.15) is 0 Å². The minimum absolute atomic E-state index is 0.0983. The van der Waals surface area contributed by atoms with Gasteiger partial charge in [0.1, 0.15) is 5.75 Å². The molecule has 1 rings (SSSR count). The number of nitrogens with zero attached hydrogens (tertiary/aromatic N) is 1. The molecule has 0 aromatic heterocycles. The van der Waals surface area contributed by atoms with Crippen LogP contribution >= 0.6 is 0 Å². The second-order valence-electron chi connectivity index (χ2n) is 4.14. The van der Waals surface area contributed by atoms with Crippen LogP contribution in [0.5, 0.6) is 5.75 Å². The molecule has 5 nitrogen and oxygen atoms in total. The van der Waals surface area contributed by atoms with Crippen LogP contribution in [0, 0.1) is 10.1 Å². The van der Waals surface area contributed by atoms with Gasteiger partial charge in [0.25, 0.3) is 5.69 Å². The Morgan fingerprint density at radius 3 is 2.78 bits per heavy atom. The highest BCUT2D eigenvalue weighted by atomic mass is 16.6. The molecular formula is C13H20N2O3. The lowest BCUT2D eigenvalue weighted by atomic mass is 10.1. The predicted molar refractivity (Wildman–Crippen MR) is 70.9 cm³/mol. The molecule has 0 heterocycles. The zero-order chi connectivity index (χ0) is 13.4. The summed E-state index contributed by atoms with van der Waals surface area (Å²) in [4.78, 5) is 10.3. The van der Waals surface area contributed by atoms with E-state index < -0.39 is 0 Å². The SMILES string of the molecule is CCCCCOc1ccc([N+](=O)[O-])cc1CNC. The normalized spacial score (nSPS) is 10.3. The molecule has 0 amide bonds. The summed E-state index contributed by atoms with van der Waals surface area (Å²) >= 11 is 0. The summed E-state index contributed by atoms with van der Waals surface area (Å²) in [6, 6.07) is 4.72. The molecule has 18 heavy (non-hydrogen) atoms. The number of nitro benzene ring substituents is 1. The molecule has 0 saturated heterocycles. The molecule has 100 valence electrons. The molecule has 0 saturated carbocycles. The summed E-state index contributed by atoms with van der Waals surface area (Å²) in [7, 11) is 1.81. The molecule has 0 spiro atoms. The highest BCUT2D eigenvalue weighted by Crippen LogP contribution is 2.24. The fraction of sp³-hybridized carbons (Fsp3) is 0.538. The monoisotopic (exact) mass is 252 g/mol. The fourth-order valence-electron chi connectivity index (χ4n) is 1.68. The maximum atomic E-state index is 10.7. The highest BCUT2D eigenvalue weighted by Gasteiger charge is 2.11. The maximum absolute atomic E-state index is 10.7. The molecule has 1 aromatic carbocycles. The van der Waals surface area contributed by atoms with Gasteiger partial charge in [-0.05, 0) is 19.5 Å². The van der Waals surface area contributed by atoms with E-state index in [9.17, 15) is 10.1 Å². The lowest BCUT2D eigenvalue weighted by Crippen LogP contribution is -2.08. The first kappa shape index (κ1) is 14.4. The smallest absolute Gasteiger partial charge is 0.270 e. The zero-order valence-corrected chi connectivity index (χ0v) is 10.9. The van der Waals surface area contributed by atoms with E-state index in [0.717, 1.165) is 30.6 Å². The van der Waals surface area contributed by atoms with Crippen LogP contribution < -0.4 is 10.1 Å². The lowest BCUT2D eigenvalue weighted by molar-refractivity contribution is -0.384. The first-order chi connectivity index (χ1) is 8.69. The minimum Gasteiger partial charge on any atom is -0.493 e. The summed E-state index contributed by atoms with van der Waals surface area (Å²) < 4.78 is 5.66. The van der Waals surface area contributed by atoms with Crippen LogP contribution in [-0.2, 0) is 6.54 Å². The van der Waals surface area contributed by atoms with Crippen molar-refractivity contribution in [2.24, 2.45) is 0 Å². The highest BCUT2D eigenvalue weighted by molar-refractivity contribution is 5.43. The second kappa shape index (κ2) is 7.66. The number of nitro groups is 1. The van der Waals surface area contributed by atoms with Crippen molar-refractivity contribution in [3.05, 3.63) is 33.9 Å². The molecule has 0 fully saturated rings. The molecular weight excluding hydrogens is 232 g/mol. The molecule has 0 aliphatic rings. The van der Waals surface area contributed by atoms with Crippen LogP contribution in [0.4, 0.5) is 5.69 Å². The van der Waals surface area contributed by atoms with Gasteiger partial charge < -0.3 is 10.1 Å². The van der Waals surface area contributed by atoms with Gasteiger partial charge in [0.05, 0.1) is 11.5 Å². The number of nitrogens with one attached hydrogen (secondary N) is 1. The summed E-state index contributed by atoms with van der Waals surface area (Å²) in [5, 5.41) is 13.7. The fourth-order valence-corrected chi connectivity index (χ4v) is 1.68. The molecule has 5 heteroatoms. The van der Waals surface area contributed by atoms with Crippen molar-refractivity contribution >= 4 is 5.69 Å². The van der Waals surface area contributed by atoms with Gasteiger partial charge in [-0.1, -0.05) is 19.8 Å². The number of rotatable bonds is 8. The van der Waals surface area contributed by atoms with Crippen LogP contribution in [0.1, 0.15) is 31.7 Å². The third kappa shape index (κ3) is 4.33. The second-order valence-corrected chi connectivity index (χ2v) is 4.14. The van der Waals surface area contributed by atoms with Crippen molar-refractivity contribution in [2.45, 2.75) is 32.7 Å². The number of hydrogen-bond donors (Lipinski definition) is 1. The van der Waals surface area contributed by atoms with Crippen molar-refractivity contribution in [1.82, 2.24) is 5.32 Å². The average Bonchev–Trinajstić information content (AvgIpc) is 2.36. The number of benzene rings is 1. The zero-order valence-electron chi connectivity index (χ0n) is 10.9. The van der Waals surface area contributed by atoms with Gasteiger partial charge >= 0.3 is 0 Å². The summed E-state index contributed by atoms with van der Waals surface area (Å²) in [5.41, 5.74) is 0.921. The van der Waals surface area contributed by atoms with Gasteiger partial charge in [-0.15, -0.1) is 0 Å². The van der Waals surface area contributed by atoms with Crippen molar-refractivity contribution < 1.29 is 9.66 Å². The topological polar surface area (TPSA) is 64.4 Å². The standard InChI is InChI=1S/C13H20N2O3/c1-3-4-5-8-18-13-7-6-12(15(16)17)9-11(13)10-14-2/h6-7,9,14H,3-5,8,10H2,1-2H3. The largest absolute Gasteiger partial charge is 0.493 e. The van der Waals surface area contributed by atoms with E-state index in [-0.39, 0.29) is 10.6 Å². The lowest BCUT2D eigenvalue weighted by Gasteiger charge is -2.11. The molecule has 1 N–H and O–H groups in total.